The van der Waals surface area contributed by atoms with Crippen molar-refractivity contribution in [3.63, 3.8) is 0 Å². The zero-order valence-electron chi connectivity index (χ0n) is 16.1. The minimum Gasteiger partial charge on any atom is -0.493 e. The summed E-state index contributed by atoms with van der Waals surface area (Å²) in [6.07, 6.45) is -4.56. The fraction of sp³-hybridized carbons (Fsp3) is 0.250. The highest BCUT2D eigenvalue weighted by Gasteiger charge is 2.36. The molecule has 0 bridgehead atoms. The zero-order valence-corrected chi connectivity index (χ0v) is 16.9. The van der Waals surface area contributed by atoms with Crippen molar-refractivity contribution in [1.82, 2.24) is 4.98 Å². The van der Waals surface area contributed by atoms with Crippen molar-refractivity contribution in [2.24, 2.45) is 0 Å². The van der Waals surface area contributed by atoms with Crippen molar-refractivity contribution in [2.75, 3.05) is 28.4 Å². The minimum absolute atomic E-state index is 0.190. The molecule has 0 unspecified atom stereocenters. The number of hydrogen-bond acceptors (Lipinski definition) is 6. The predicted octanol–water partition coefficient (Wildman–Crippen LogP) is 5.53. The lowest BCUT2D eigenvalue weighted by atomic mass is 10.1. The second kappa shape index (κ2) is 8.20. The summed E-state index contributed by atoms with van der Waals surface area (Å²) >= 11 is 0.566. The highest BCUT2D eigenvalue weighted by Crippen LogP contribution is 2.45. The molecule has 3 aromatic rings. The SMILES string of the molecule is COc1ccc(-c2nc(C(F)(F)F)sc2-c2ccc(OC)c(OC)c2)cc1OC. The second-order valence-electron chi connectivity index (χ2n) is 5.83. The first-order chi connectivity index (χ1) is 13.8. The average Bonchev–Trinajstić information content (AvgIpc) is 3.18. The lowest BCUT2D eigenvalue weighted by molar-refractivity contribution is -0.137. The molecule has 1 heterocycles. The molecule has 154 valence electrons. The van der Waals surface area contributed by atoms with Gasteiger partial charge in [-0.05, 0) is 42.0 Å². The number of methoxy groups -OCH3 is 4. The number of thiazole rings is 1. The van der Waals surface area contributed by atoms with E-state index in [1.54, 1.807) is 36.4 Å². The molecule has 0 saturated carbocycles. The predicted molar refractivity (Wildman–Crippen MR) is 104 cm³/mol. The van der Waals surface area contributed by atoms with Crippen molar-refractivity contribution in [2.45, 2.75) is 6.18 Å². The van der Waals surface area contributed by atoms with Crippen molar-refractivity contribution < 1.29 is 32.1 Å². The normalized spacial score (nSPS) is 11.3. The van der Waals surface area contributed by atoms with Gasteiger partial charge in [-0.2, -0.15) is 13.2 Å². The van der Waals surface area contributed by atoms with Crippen LogP contribution in [0.4, 0.5) is 13.2 Å². The number of ether oxygens (including phenoxy) is 4. The van der Waals surface area contributed by atoms with Crippen LogP contribution in [0.3, 0.4) is 0 Å². The van der Waals surface area contributed by atoms with Gasteiger partial charge >= 0.3 is 6.18 Å². The van der Waals surface area contributed by atoms with E-state index in [1.807, 2.05) is 0 Å². The maximum atomic E-state index is 13.4. The molecule has 0 aliphatic carbocycles. The van der Waals surface area contributed by atoms with E-state index in [-0.39, 0.29) is 5.69 Å². The van der Waals surface area contributed by atoms with E-state index in [2.05, 4.69) is 4.98 Å². The van der Waals surface area contributed by atoms with Crippen LogP contribution >= 0.6 is 11.3 Å². The molecule has 9 heteroatoms. The number of halogens is 3. The first kappa shape index (κ1) is 20.8. The molecule has 0 atom stereocenters. The third kappa shape index (κ3) is 4.09. The Morgan fingerprint density at radius 2 is 1.21 bits per heavy atom. The molecule has 0 saturated heterocycles. The van der Waals surface area contributed by atoms with Gasteiger partial charge in [-0.25, -0.2) is 4.98 Å². The number of benzene rings is 2. The standard InChI is InChI=1S/C20H18F3NO4S/c1-25-13-7-5-11(9-15(13)27-3)17-18(29-19(24-17)20(21,22)23)12-6-8-14(26-2)16(10-12)28-4/h5-10H,1-4H3. The topological polar surface area (TPSA) is 49.8 Å². The Balaban J connectivity index is 2.22. The van der Waals surface area contributed by atoms with E-state index in [0.29, 0.717) is 50.3 Å². The molecule has 3 rings (SSSR count). The Morgan fingerprint density at radius 3 is 1.69 bits per heavy atom. The Labute approximate surface area is 169 Å². The summed E-state index contributed by atoms with van der Waals surface area (Å²) in [5.41, 5.74) is 1.19. The van der Waals surface area contributed by atoms with E-state index in [4.69, 9.17) is 18.9 Å². The Hall–Kier alpha value is -2.94. The highest BCUT2D eigenvalue weighted by atomic mass is 32.1. The van der Waals surface area contributed by atoms with Crippen LogP contribution in [0.5, 0.6) is 23.0 Å². The molecule has 0 aliphatic heterocycles. The third-order valence-corrected chi connectivity index (χ3v) is 5.32. The molecule has 0 spiro atoms. The van der Waals surface area contributed by atoms with Gasteiger partial charge in [-0.1, -0.05) is 0 Å². The summed E-state index contributed by atoms with van der Waals surface area (Å²) in [4.78, 5) is 4.23. The Kier molecular flexibility index (Phi) is 5.88. The minimum atomic E-state index is -4.56. The van der Waals surface area contributed by atoms with Crippen LogP contribution in [0.25, 0.3) is 21.7 Å². The van der Waals surface area contributed by atoms with Crippen molar-refractivity contribution in [3.8, 4) is 44.7 Å². The molecule has 0 fully saturated rings. The molecular weight excluding hydrogens is 407 g/mol. The van der Waals surface area contributed by atoms with Crippen LogP contribution in [-0.2, 0) is 6.18 Å². The van der Waals surface area contributed by atoms with Crippen LogP contribution in [0, 0.1) is 0 Å². The summed E-state index contributed by atoms with van der Waals surface area (Å²) in [6, 6.07) is 9.79. The van der Waals surface area contributed by atoms with E-state index < -0.39 is 11.2 Å². The van der Waals surface area contributed by atoms with Crippen molar-refractivity contribution >= 4 is 11.3 Å². The summed E-state index contributed by atoms with van der Waals surface area (Å²) in [6.45, 7) is 0. The number of hydrogen-bond donors (Lipinski definition) is 0. The van der Waals surface area contributed by atoms with Gasteiger partial charge in [0.15, 0.2) is 28.0 Å². The average molecular weight is 425 g/mol. The maximum absolute atomic E-state index is 13.4. The molecule has 5 nitrogen and oxygen atoms in total. The van der Waals surface area contributed by atoms with Crippen molar-refractivity contribution in [3.05, 3.63) is 41.4 Å². The fourth-order valence-corrected chi connectivity index (χ4v) is 3.74. The van der Waals surface area contributed by atoms with Gasteiger partial charge in [0.1, 0.15) is 0 Å². The van der Waals surface area contributed by atoms with Crippen LogP contribution in [-0.4, -0.2) is 33.4 Å². The largest absolute Gasteiger partial charge is 0.493 e. The number of nitrogens with zero attached hydrogens (tertiary/aromatic N) is 1. The monoisotopic (exact) mass is 425 g/mol. The molecule has 0 amide bonds. The Morgan fingerprint density at radius 1 is 0.724 bits per heavy atom. The van der Waals surface area contributed by atoms with Crippen LogP contribution < -0.4 is 18.9 Å². The number of rotatable bonds is 6. The van der Waals surface area contributed by atoms with Gasteiger partial charge in [0, 0.05) is 5.56 Å². The first-order valence-corrected chi connectivity index (χ1v) is 9.16. The summed E-state index contributed by atoms with van der Waals surface area (Å²) in [5, 5.41) is -0.938. The molecule has 0 aliphatic rings. The summed E-state index contributed by atoms with van der Waals surface area (Å²) in [7, 11) is 5.89. The quantitative estimate of drug-likeness (QED) is 0.520. The molecule has 0 N–H and O–H groups in total. The molecule has 1 aromatic heterocycles. The molecular formula is C20H18F3NO4S. The highest BCUT2D eigenvalue weighted by molar-refractivity contribution is 7.15. The fourth-order valence-electron chi connectivity index (χ4n) is 2.79. The lowest BCUT2D eigenvalue weighted by Gasteiger charge is -2.11. The maximum Gasteiger partial charge on any atom is 0.443 e. The van der Waals surface area contributed by atoms with Crippen LogP contribution in [0.15, 0.2) is 36.4 Å². The van der Waals surface area contributed by atoms with Gasteiger partial charge < -0.3 is 18.9 Å². The van der Waals surface area contributed by atoms with E-state index in [9.17, 15) is 13.2 Å². The number of aromatic nitrogens is 1. The molecule has 29 heavy (non-hydrogen) atoms. The van der Waals surface area contributed by atoms with E-state index in [0.717, 1.165) is 0 Å². The number of alkyl halides is 3. The smallest absolute Gasteiger partial charge is 0.443 e. The van der Waals surface area contributed by atoms with Crippen molar-refractivity contribution in [1.29, 1.82) is 0 Å². The zero-order chi connectivity index (χ0) is 21.2. The van der Waals surface area contributed by atoms with E-state index >= 15 is 0 Å². The van der Waals surface area contributed by atoms with Gasteiger partial charge in [-0.15, -0.1) is 11.3 Å². The second-order valence-corrected chi connectivity index (χ2v) is 6.83. The summed E-state index contributed by atoms with van der Waals surface area (Å²) < 4.78 is 61.2. The molecule has 2 aromatic carbocycles. The Bertz CT molecular complexity index is 944. The summed E-state index contributed by atoms with van der Waals surface area (Å²) in [5.74, 6) is 1.75. The van der Waals surface area contributed by atoms with Crippen LogP contribution in [0.1, 0.15) is 5.01 Å². The van der Waals surface area contributed by atoms with Gasteiger partial charge in [0.25, 0.3) is 0 Å². The van der Waals surface area contributed by atoms with E-state index in [1.165, 1.54) is 28.4 Å². The molecule has 0 radical (unpaired) electrons. The van der Waals surface area contributed by atoms with Gasteiger partial charge in [0.2, 0.25) is 0 Å². The van der Waals surface area contributed by atoms with Gasteiger partial charge in [0.05, 0.1) is 39.0 Å². The van der Waals surface area contributed by atoms with Crippen LogP contribution in [0.2, 0.25) is 0 Å². The lowest BCUT2D eigenvalue weighted by Crippen LogP contribution is -2.03. The van der Waals surface area contributed by atoms with Gasteiger partial charge in [-0.3, -0.25) is 0 Å². The first-order valence-electron chi connectivity index (χ1n) is 8.35. The third-order valence-electron chi connectivity index (χ3n) is 4.17.